The number of methoxy groups -OCH3 is 1. The van der Waals surface area contributed by atoms with Gasteiger partial charge in [-0.25, -0.2) is 9.97 Å². The van der Waals surface area contributed by atoms with Crippen molar-refractivity contribution in [1.29, 1.82) is 0 Å². The second-order valence-electron chi connectivity index (χ2n) is 9.64. The quantitative estimate of drug-likeness (QED) is 0.476. The minimum Gasteiger partial charge on any atom is -0.492 e. The number of benzene rings is 1. The molecular weight excluding hydrogens is 478 g/mol. The zero-order valence-electron chi connectivity index (χ0n) is 20.6. The van der Waals surface area contributed by atoms with Crippen LogP contribution in [-0.2, 0) is 9.53 Å². The molecule has 1 saturated heterocycles. The Bertz CT molecular complexity index is 1330. The van der Waals surface area contributed by atoms with E-state index in [1.807, 2.05) is 12.1 Å². The van der Waals surface area contributed by atoms with Crippen LogP contribution in [0.25, 0.3) is 22.3 Å². The third kappa shape index (κ3) is 4.66. The Balaban J connectivity index is 1.25. The number of aromatic nitrogens is 3. The summed E-state index contributed by atoms with van der Waals surface area (Å²) >= 11 is 0. The van der Waals surface area contributed by atoms with Crippen LogP contribution in [-0.4, -0.2) is 77.9 Å². The first kappa shape index (κ1) is 23.5. The highest BCUT2D eigenvalue weighted by Gasteiger charge is 2.30. The molecular formula is C26H29N5O6. The Morgan fingerprint density at radius 2 is 2.00 bits per heavy atom. The minimum atomic E-state index is -0.222. The summed E-state index contributed by atoms with van der Waals surface area (Å²) in [5, 5.41) is 3.10. The number of rotatable bonds is 8. The Kier molecular flexibility index (Phi) is 6.29. The van der Waals surface area contributed by atoms with Crippen molar-refractivity contribution < 1.29 is 28.5 Å². The fraction of sp³-hybridized carbons (Fsp3) is 0.462. The third-order valence-corrected chi connectivity index (χ3v) is 7.07. The van der Waals surface area contributed by atoms with E-state index in [1.54, 1.807) is 11.1 Å². The van der Waals surface area contributed by atoms with Crippen LogP contribution in [0.1, 0.15) is 36.0 Å². The van der Waals surface area contributed by atoms with E-state index in [0.29, 0.717) is 83.6 Å². The number of amides is 2. The molecule has 11 heteroatoms. The number of hydrogen-bond donors (Lipinski definition) is 2. The van der Waals surface area contributed by atoms with Crippen LogP contribution in [0, 0.1) is 5.92 Å². The SMILES string of the molecule is COCC(=O)N1CCC(NC(=O)c2c[nH]c3c(-c4c(OCC5CC5)ccc5c4OCO5)ncnc23)CC1. The van der Waals surface area contributed by atoms with Gasteiger partial charge in [0.05, 0.1) is 23.3 Å². The van der Waals surface area contributed by atoms with Crippen molar-refractivity contribution in [2.45, 2.75) is 31.7 Å². The average molecular weight is 508 g/mol. The zero-order chi connectivity index (χ0) is 25.4. The summed E-state index contributed by atoms with van der Waals surface area (Å²) in [6.45, 7) is 1.99. The summed E-state index contributed by atoms with van der Waals surface area (Å²) in [5.41, 5.74) is 2.83. The van der Waals surface area contributed by atoms with E-state index in [-0.39, 0.29) is 31.3 Å². The predicted octanol–water partition coefficient (Wildman–Crippen LogP) is 2.51. The van der Waals surface area contributed by atoms with Gasteiger partial charge >= 0.3 is 0 Å². The molecule has 2 aliphatic heterocycles. The first-order chi connectivity index (χ1) is 18.1. The van der Waals surface area contributed by atoms with Gasteiger partial charge in [0.25, 0.3) is 5.91 Å². The summed E-state index contributed by atoms with van der Waals surface area (Å²) in [4.78, 5) is 39.2. The molecule has 6 rings (SSSR count). The smallest absolute Gasteiger partial charge is 0.255 e. The van der Waals surface area contributed by atoms with E-state index in [2.05, 4.69) is 20.3 Å². The van der Waals surface area contributed by atoms with E-state index in [0.717, 1.165) is 0 Å². The van der Waals surface area contributed by atoms with Gasteiger partial charge in [-0.1, -0.05) is 0 Å². The summed E-state index contributed by atoms with van der Waals surface area (Å²) in [7, 11) is 1.51. The van der Waals surface area contributed by atoms with Crippen LogP contribution in [0.4, 0.5) is 0 Å². The monoisotopic (exact) mass is 507 g/mol. The fourth-order valence-electron chi connectivity index (χ4n) is 4.84. The molecule has 1 aromatic carbocycles. The summed E-state index contributed by atoms with van der Waals surface area (Å²) in [6, 6.07) is 3.68. The Labute approximate surface area is 213 Å². The molecule has 0 atom stereocenters. The fourth-order valence-corrected chi connectivity index (χ4v) is 4.84. The van der Waals surface area contributed by atoms with E-state index in [9.17, 15) is 9.59 Å². The number of ether oxygens (including phenoxy) is 4. The van der Waals surface area contributed by atoms with Crippen molar-refractivity contribution >= 4 is 22.8 Å². The van der Waals surface area contributed by atoms with E-state index >= 15 is 0 Å². The lowest BCUT2D eigenvalue weighted by atomic mass is 10.0. The Morgan fingerprint density at radius 3 is 2.78 bits per heavy atom. The molecule has 4 heterocycles. The highest BCUT2D eigenvalue weighted by atomic mass is 16.7. The van der Waals surface area contributed by atoms with Gasteiger partial charge in [0.2, 0.25) is 12.7 Å². The molecule has 0 radical (unpaired) electrons. The number of hydrogen-bond acceptors (Lipinski definition) is 8. The number of carbonyl (C=O) groups is 2. The van der Waals surface area contributed by atoms with Crippen LogP contribution < -0.4 is 19.5 Å². The molecule has 2 N–H and O–H groups in total. The molecule has 194 valence electrons. The maximum Gasteiger partial charge on any atom is 0.255 e. The van der Waals surface area contributed by atoms with Gasteiger partial charge < -0.3 is 34.1 Å². The molecule has 0 bridgehead atoms. The molecule has 0 spiro atoms. The maximum absolute atomic E-state index is 13.2. The second kappa shape index (κ2) is 9.89. The lowest BCUT2D eigenvalue weighted by molar-refractivity contribution is -0.136. The molecule has 37 heavy (non-hydrogen) atoms. The van der Waals surface area contributed by atoms with E-state index in [4.69, 9.17) is 18.9 Å². The van der Waals surface area contributed by atoms with Gasteiger partial charge in [-0.2, -0.15) is 0 Å². The topological polar surface area (TPSA) is 128 Å². The van der Waals surface area contributed by atoms with E-state index < -0.39 is 0 Å². The van der Waals surface area contributed by atoms with Gasteiger partial charge in [-0.05, 0) is 43.7 Å². The van der Waals surface area contributed by atoms with Crippen molar-refractivity contribution in [3.05, 3.63) is 30.2 Å². The van der Waals surface area contributed by atoms with Gasteiger partial charge in [-0.3, -0.25) is 9.59 Å². The number of nitrogens with zero attached hydrogens (tertiary/aromatic N) is 3. The number of fused-ring (bicyclic) bond motifs is 2. The van der Waals surface area contributed by atoms with Crippen LogP contribution in [0.3, 0.4) is 0 Å². The van der Waals surface area contributed by atoms with Gasteiger partial charge in [0.1, 0.15) is 29.9 Å². The first-order valence-corrected chi connectivity index (χ1v) is 12.6. The molecule has 3 aromatic rings. The molecule has 11 nitrogen and oxygen atoms in total. The molecule has 2 aromatic heterocycles. The number of nitrogens with one attached hydrogen (secondary N) is 2. The molecule has 0 unspecified atom stereocenters. The minimum absolute atomic E-state index is 0.0317. The molecule has 3 aliphatic rings. The molecule has 1 saturated carbocycles. The van der Waals surface area contributed by atoms with Gasteiger partial charge in [0.15, 0.2) is 11.5 Å². The predicted molar refractivity (Wildman–Crippen MR) is 133 cm³/mol. The average Bonchev–Trinajstić information content (AvgIpc) is 3.43. The van der Waals surface area contributed by atoms with Crippen molar-refractivity contribution in [1.82, 2.24) is 25.2 Å². The van der Waals surface area contributed by atoms with Gasteiger partial charge in [0, 0.05) is 32.4 Å². The highest BCUT2D eigenvalue weighted by molar-refractivity contribution is 6.08. The number of aromatic amines is 1. The third-order valence-electron chi connectivity index (χ3n) is 7.07. The van der Waals surface area contributed by atoms with Crippen molar-refractivity contribution in [2.24, 2.45) is 5.92 Å². The highest BCUT2D eigenvalue weighted by Crippen LogP contribution is 2.48. The standard InChI is InChI=1S/C26H29N5O6/c1-34-12-20(32)31-8-6-16(7-9-31)30-26(33)17-10-27-24-22(17)28-13-29-23(24)21-18(35-11-15-2-3-15)4-5-19-25(21)37-14-36-19/h4-5,10,13,15-16,27H,2-3,6-9,11-12,14H2,1H3,(H,30,33). The molecule has 2 fully saturated rings. The normalized spacial score (nSPS) is 17.3. The van der Waals surface area contributed by atoms with Crippen molar-refractivity contribution in [2.75, 3.05) is 40.2 Å². The largest absolute Gasteiger partial charge is 0.492 e. The maximum atomic E-state index is 13.2. The number of likely N-dealkylation sites (tertiary alicyclic amines) is 1. The first-order valence-electron chi connectivity index (χ1n) is 12.6. The Morgan fingerprint density at radius 1 is 1.16 bits per heavy atom. The summed E-state index contributed by atoms with van der Waals surface area (Å²) < 4.78 is 22.5. The number of carbonyl (C=O) groups excluding carboxylic acids is 2. The number of piperidine rings is 1. The lowest BCUT2D eigenvalue weighted by Gasteiger charge is -2.32. The van der Waals surface area contributed by atoms with Crippen molar-refractivity contribution in [3.8, 4) is 28.5 Å². The Hall–Kier alpha value is -3.86. The summed E-state index contributed by atoms with van der Waals surface area (Å²) in [6.07, 6.45) is 6.81. The zero-order valence-corrected chi connectivity index (χ0v) is 20.6. The van der Waals surface area contributed by atoms with Crippen LogP contribution >= 0.6 is 0 Å². The second-order valence-corrected chi connectivity index (χ2v) is 9.64. The molecule has 1 aliphatic carbocycles. The van der Waals surface area contributed by atoms with Crippen LogP contribution in [0.15, 0.2) is 24.7 Å². The van der Waals surface area contributed by atoms with Crippen LogP contribution in [0.2, 0.25) is 0 Å². The van der Waals surface area contributed by atoms with E-state index in [1.165, 1.54) is 26.3 Å². The van der Waals surface area contributed by atoms with Crippen molar-refractivity contribution in [3.63, 3.8) is 0 Å². The van der Waals surface area contributed by atoms with Gasteiger partial charge in [-0.15, -0.1) is 0 Å². The number of H-pyrrole nitrogens is 1. The molecule has 2 amide bonds. The van der Waals surface area contributed by atoms with Crippen LogP contribution in [0.5, 0.6) is 17.2 Å². The lowest BCUT2D eigenvalue weighted by Crippen LogP contribution is -2.47. The summed E-state index contributed by atoms with van der Waals surface area (Å²) in [5.74, 6) is 2.18.